The molecular weight excluding hydrogens is 456 g/mol. The number of benzene rings is 2. The van der Waals surface area contributed by atoms with Crippen molar-refractivity contribution >= 4 is 5.97 Å². The van der Waals surface area contributed by atoms with E-state index in [1.54, 1.807) is 30.3 Å². The molecule has 0 aliphatic carbocycles. The summed E-state index contributed by atoms with van der Waals surface area (Å²) in [5.41, 5.74) is -0.0430. The van der Waals surface area contributed by atoms with Crippen molar-refractivity contribution in [2.24, 2.45) is 0 Å². The molecule has 1 aliphatic rings. The van der Waals surface area contributed by atoms with Gasteiger partial charge in [-0.2, -0.15) is 0 Å². The monoisotopic (exact) mass is 485 g/mol. The maximum Gasteiger partial charge on any atom is 0.335 e. The Morgan fingerprint density at radius 1 is 1.00 bits per heavy atom. The van der Waals surface area contributed by atoms with Gasteiger partial charge in [-0.3, -0.25) is 9.36 Å². The molecule has 10 heteroatoms. The summed E-state index contributed by atoms with van der Waals surface area (Å²) in [5, 5.41) is 9.79. The highest BCUT2D eigenvalue weighted by atomic mass is 16.6. The molecule has 3 aromatic rings. The summed E-state index contributed by atoms with van der Waals surface area (Å²) >= 11 is 0. The van der Waals surface area contributed by atoms with Gasteiger partial charge < -0.3 is 24.1 Å². The lowest BCUT2D eigenvalue weighted by molar-refractivity contribution is -0.157. The van der Waals surface area contributed by atoms with Crippen LogP contribution in [0.3, 0.4) is 0 Å². The van der Waals surface area contributed by atoms with Gasteiger partial charge >= 0.3 is 11.7 Å². The average molecular weight is 486 g/mol. The third-order valence-electron chi connectivity index (χ3n) is 5.56. The van der Waals surface area contributed by atoms with Crippen LogP contribution in [0.2, 0.25) is 0 Å². The van der Waals surface area contributed by atoms with Crippen molar-refractivity contribution in [3.63, 3.8) is 0 Å². The Morgan fingerprint density at radius 3 is 2.29 bits per heavy atom. The molecule has 1 N–H and O–H groups in total. The third kappa shape index (κ3) is 5.57. The average Bonchev–Trinajstić information content (AvgIpc) is 3.22. The molecule has 2 aromatic carbocycles. The second-order valence-corrected chi connectivity index (χ2v) is 7.86. The molecule has 2 heterocycles. The fourth-order valence-electron chi connectivity index (χ4n) is 3.81. The molecule has 1 aliphatic heterocycles. The second kappa shape index (κ2) is 11.2. The molecule has 0 saturated carbocycles. The molecule has 35 heavy (non-hydrogen) atoms. The highest BCUT2D eigenvalue weighted by molar-refractivity contribution is 5.73. The van der Waals surface area contributed by atoms with Gasteiger partial charge in [-0.25, -0.2) is 14.2 Å². The van der Waals surface area contributed by atoms with E-state index in [0.717, 1.165) is 27.0 Å². The Balaban J connectivity index is 1.63. The van der Waals surface area contributed by atoms with Gasteiger partial charge in [0.15, 0.2) is 12.3 Å². The number of carboxylic acids is 1. The zero-order valence-corrected chi connectivity index (χ0v) is 18.6. The van der Waals surface area contributed by atoms with Gasteiger partial charge in [0.1, 0.15) is 18.9 Å². The van der Waals surface area contributed by atoms with Crippen molar-refractivity contribution in [3.05, 3.63) is 105 Å². The van der Waals surface area contributed by atoms with E-state index in [1.165, 1.54) is 0 Å². The predicted molar refractivity (Wildman–Crippen MR) is 124 cm³/mol. The van der Waals surface area contributed by atoms with Crippen LogP contribution in [-0.4, -0.2) is 45.6 Å². The van der Waals surface area contributed by atoms with E-state index in [2.05, 4.69) is 0 Å². The standard InChI is InChI=1S/C25H26N2O8/c1-32-21-20(34-15-18-10-6-3-7-11-18)22(24(29)30)35-23(21)26-13-12-19(28)27(25(26)31)16-33-14-17-8-4-2-5-9-17/h2-13,20-23H,14-16H2,1H3,(H,29,30)/t20-,21+,22-,23+/m0/s1/i1D3. The largest absolute Gasteiger partial charge is 0.479 e. The minimum atomic E-state index is -2.97. The molecule has 0 unspecified atom stereocenters. The van der Waals surface area contributed by atoms with E-state index in [9.17, 15) is 19.5 Å². The maximum absolute atomic E-state index is 13.3. The van der Waals surface area contributed by atoms with Gasteiger partial charge in [-0.05, 0) is 11.1 Å². The molecular formula is C25H26N2O8. The first-order valence-electron chi connectivity index (χ1n) is 12.3. The highest BCUT2D eigenvalue weighted by Gasteiger charge is 2.50. The number of nitrogens with zero attached hydrogens (tertiary/aromatic N) is 2. The van der Waals surface area contributed by atoms with Crippen molar-refractivity contribution in [1.82, 2.24) is 9.13 Å². The lowest BCUT2D eigenvalue weighted by atomic mass is 10.1. The van der Waals surface area contributed by atoms with Crippen LogP contribution in [0.4, 0.5) is 0 Å². The molecule has 184 valence electrons. The normalized spacial score (nSPS) is 23.4. The van der Waals surface area contributed by atoms with Crippen LogP contribution >= 0.6 is 0 Å². The molecule has 10 nitrogen and oxygen atoms in total. The molecule has 1 saturated heterocycles. The third-order valence-corrected chi connectivity index (χ3v) is 5.56. The number of aromatic nitrogens is 2. The van der Waals surface area contributed by atoms with Crippen molar-refractivity contribution < 1.29 is 33.0 Å². The van der Waals surface area contributed by atoms with Gasteiger partial charge in [0.05, 0.1) is 17.3 Å². The van der Waals surface area contributed by atoms with Crippen molar-refractivity contribution in [3.8, 4) is 0 Å². The number of rotatable bonds is 10. The van der Waals surface area contributed by atoms with Crippen LogP contribution in [0.5, 0.6) is 0 Å². The number of aliphatic carboxylic acids is 1. The lowest BCUT2D eigenvalue weighted by Crippen LogP contribution is -2.44. The van der Waals surface area contributed by atoms with Crippen LogP contribution in [0.25, 0.3) is 0 Å². The number of ether oxygens (including phenoxy) is 4. The van der Waals surface area contributed by atoms with Gasteiger partial charge in [-0.1, -0.05) is 60.7 Å². The van der Waals surface area contributed by atoms with Crippen LogP contribution in [-0.2, 0) is 43.7 Å². The first kappa shape index (κ1) is 20.8. The zero-order chi connectivity index (χ0) is 27.3. The van der Waals surface area contributed by atoms with Gasteiger partial charge in [-0.15, -0.1) is 0 Å². The summed E-state index contributed by atoms with van der Waals surface area (Å²) in [4.78, 5) is 37.7. The van der Waals surface area contributed by atoms with Gasteiger partial charge in [0, 0.05) is 19.3 Å². The SMILES string of the molecule is [2H]C([2H])([2H])O[C@@H]1[C@H](OCc2ccccc2)[C@@H](C(=O)O)O[C@H]1n1ccc(=O)n(COCc2ccccc2)c1=O. The smallest absolute Gasteiger partial charge is 0.335 e. The summed E-state index contributed by atoms with van der Waals surface area (Å²) in [6.45, 7) is -0.335. The molecule has 0 bridgehead atoms. The number of hydrogen-bond donors (Lipinski definition) is 1. The first-order chi connectivity index (χ1) is 18.1. The summed E-state index contributed by atoms with van der Waals surface area (Å²) in [6, 6.07) is 19.0. The number of methoxy groups -OCH3 is 1. The van der Waals surface area contributed by atoms with Crippen molar-refractivity contribution in [1.29, 1.82) is 0 Å². The van der Waals surface area contributed by atoms with E-state index in [0.29, 0.717) is 5.56 Å². The fraction of sp³-hybridized carbons (Fsp3) is 0.320. The Labute approximate surface area is 205 Å². The number of carboxylic acid groups (broad SMARTS) is 1. The fourth-order valence-corrected chi connectivity index (χ4v) is 3.81. The minimum Gasteiger partial charge on any atom is -0.479 e. The molecule has 0 spiro atoms. The summed E-state index contributed by atoms with van der Waals surface area (Å²) in [5.74, 6) is -1.43. The maximum atomic E-state index is 13.3. The lowest BCUT2D eigenvalue weighted by Gasteiger charge is -2.23. The summed E-state index contributed by atoms with van der Waals surface area (Å²) < 4.78 is 46.7. The number of carbonyl (C=O) groups is 1. The van der Waals surface area contributed by atoms with E-state index < -0.39 is 55.5 Å². The van der Waals surface area contributed by atoms with Crippen LogP contribution in [0.1, 0.15) is 21.5 Å². The zero-order valence-electron chi connectivity index (χ0n) is 21.6. The quantitative estimate of drug-likeness (QED) is 0.462. The molecule has 4 atom stereocenters. The van der Waals surface area contributed by atoms with Crippen LogP contribution in [0, 0.1) is 0 Å². The Kier molecular flexibility index (Phi) is 6.67. The number of hydrogen-bond acceptors (Lipinski definition) is 7. The van der Waals surface area contributed by atoms with E-state index in [-0.39, 0.29) is 13.2 Å². The van der Waals surface area contributed by atoms with E-state index >= 15 is 0 Å². The Hall–Kier alpha value is -3.57. The molecule has 0 radical (unpaired) electrons. The van der Waals surface area contributed by atoms with Crippen LogP contribution < -0.4 is 11.2 Å². The predicted octanol–water partition coefficient (Wildman–Crippen LogP) is 1.77. The van der Waals surface area contributed by atoms with Crippen molar-refractivity contribution in [2.45, 2.75) is 44.5 Å². The molecule has 4 rings (SSSR count). The first-order valence-corrected chi connectivity index (χ1v) is 10.8. The van der Waals surface area contributed by atoms with E-state index in [1.807, 2.05) is 30.3 Å². The minimum absolute atomic E-state index is 0.0616. The second-order valence-electron chi connectivity index (χ2n) is 7.86. The topological polar surface area (TPSA) is 118 Å². The molecule has 1 fully saturated rings. The highest BCUT2D eigenvalue weighted by Crippen LogP contribution is 2.33. The summed E-state index contributed by atoms with van der Waals surface area (Å²) in [6.07, 6.45) is -5.00. The van der Waals surface area contributed by atoms with Gasteiger partial charge in [0.2, 0.25) is 0 Å². The molecule has 1 aromatic heterocycles. The van der Waals surface area contributed by atoms with Crippen LogP contribution in [0.15, 0.2) is 82.5 Å². The Bertz CT molecular complexity index is 1340. The van der Waals surface area contributed by atoms with Crippen molar-refractivity contribution in [2.75, 3.05) is 7.04 Å². The van der Waals surface area contributed by atoms with E-state index in [4.69, 9.17) is 23.1 Å². The molecule has 0 amide bonds. The Morgan fingerprint density at radius 2 is 1.66 bits per heavy atom. The van der Waals surface area contributed by atoms with Gasteiger partial charge in [0.25, 0.3) is 5.56 Å². The summed E-state index contributed by atoms with van der Waals surface area (Å²) in [7, 11) is -2.97.